The maximum Gasteiger partial charge on any atom is 0.586 e. The summed E-state index contributed by atoms with van der Waals surface area (Å²) in [4.78, 5) is 22.9. The van der Waals surface area contributed by atoms with Crippen molar-refractivity contribution in [3.05, 3.63) is 18.2 Å². The molecule has 0 radical (unpaired) electrons. The van der Waals surface area contributed by atoms with Crippen LogP contribution in [0.25, 0.3) is 0 Å². The molecule has 0 unspecified atom stereocenters. The number of esters is 1. The summed E-state index contributed by atoms with van der Waals surface area (Å²) < 4.78 is 39.0. The molecule has 0 fully saturated rings. The van der Waals surface area contributed by atoms with Gasteiger partial charge in [0.15, 0.2) is 18.1 Å². The van der Waals surface area contributed by atoms with Crippen LogP contribution < -0.4 is 14.8 Å². The van der Waals surface area contributed by atoms with Crippen LogP contribution in [0.4, 0.5) is 14.5 Å². The molecule has 0 saturated heterocycles. The van der Waals surface area contributed by atoms with Crippen LogP contribution in [0.1, 0.15) is 26.2 Å². The highest BCUT2D eigenvalue weighted by molar-refractivity contribution is 5.93. The first-order valence-electron chi connectivity index (χ1n) is 6.75. The minimum absolute atomic E-state index is 0.117. The van der Waals surface area contributed by atoms with E-state index in [-0.39, 0.29) is 23.6 Å². The first-order chi connectivity index (χ1) is 10.4. The van der Waals surface area contributed by atoms with Crippen molar-refractivity contribution < 1.29 is 32.6 Å². The monoisotopic (exact) mass is 315 g/mol. The zero-order valence-corrected chi connectivity index (χ0v) is 11.9. The number of fused-ring (bicyclic) bond motifs is 1. The van der Waals surface area contributed by atoms with Gasteiger partial charge in [0.1, 0.15) is 0 Å². The van der Waals surface area contributed by atoms with E-state index in [0.717, 1.165) is 6.42 Å². The van der Waals surface area contributed by atoms with Crippen molar-refractivity contribution in [1.29, 1.82) is 0 Å². The van der Waals surface area contributed by atoms with E-state index in [9.17, 15) is 18.4 Å². The molecule has 8 heteroatoms. The fourth-order valence-corrected chi connectivity index (χ4v) is 1.76. The molecule has 1 heterocycles. The average molecular weight is 315 g/mol. The highest BCUT2D eigenvalue weighted by atomic mass is 19.3. The Kier molecular flexibility index (Phi) is 4.79. The summed E-state index contributed by atoms with van der Waals surface area (Å²) in [7, 11) is 0. The molecule has 0 spiro atoms. The molecule has 0 aliphatic carbocycles. The number of carbonyl (C=O) groups is 2. The van der Waals surface area contributed by atoms with Gasteiger partial charge in [-0.2, -0.15) is 0 Å². The lowest BCUT2D eigenvalue weighted by atomic mass is 10.2. The lowest BCUT2D eigenvalue weighted by molar-refractivity contribution is -0.286. The number of amides is 1. The van der Waals surface area contributed by atoms with Gasteiger partial charge in [-0.25, -0.2) is 0 Å². The van der Waals surface area contributed by atoms with E-state index in [1.807, 2.05) is 6.92 Å². The van der Waals surface area contributed by atoms with E-state index in [2.05, 4.69) is 14.8 Å². The average Bonchev–Trinajstić information content (AvgIpc) is 2.76. The zero-order valence-electron chi connectivity index (χ0n) is 11.9. The quantitative estimate of drug-likeness (QED) is 0.817. The molecule has 120 valence electrons. The molecule has 1 amide bonds. The standard InChI is InChI=1S/C14H15F2NO5/c1-2-3-4-13(19)20-8-12(18)17-9-5-6-10-11(7-9)22-14(15,16)21-10/h5-7H,2-4,8H2,1H3,(H,17,18). The van der Waals surface area contributed by atoms with Crippen LogP contribution in [0.2, 0.25) is 0 Å². The fraction of sp³-hybridized carbons (Fsp3) is 0.429. The summed E-state index contributed by atoms with van der Waals surface area (Å²) in [6.45, 7) is 1.50. The summed E-state index contributed by atoms with van der Waals surface area (Å²) in [6.07, 6.45) is -1.91. The third-order valence-electron chi connectivity index (χ3n) is 2.78. The van der Waals surface area contributed by atoms with Gasteiger partial charge < -0.3 is 19.5 Å². The van der Waals surface area contributed by atoms with Crippen molar-refractivity contribution in [1.82, 2.24) is 0 Å². The van der Waals surface area contributed by atoms with Gasteiger partial charge in [-0.05, 0) is 18.6 Å². The number of nitrogens with one attached hydrogen (secondary N) is 1. The number of anilines is 1. The summed E-state index contributed by atoms with van der Waals surface area (Å²) in [6, 6.07) is 3.83. The van der Waals surface area contributed by atoms with Crippen molar-refractivity contribution in [2.24, 2.45) is 0 Å². The number of alkyl halides is 2. The Hall–Kier alpha value is -2.38. The second-order valence-electron chi connectivity index (χ2n) is 4.64. The molecule has 1 aromatic carbocycles. The second-order valence-corrected chi connectivity index (χ2v) is 4.64. The molecule has 1 aliphatic heterocycles. The summed E-state index contributed by atoms with van der Waals surface area (Å²) in [5.41, 5.74) is 0.231. The van der Waals surface area contributed by atoms with Gasteiger partial charge in [-0.15, -0.1) is 8.78 Å². The van der Waals surface area contributed by atoms with Crippen LogP contribution in [0.15, 0.2) is 18.2 Å². The van der Waals surface area contributed by atoms with Gasteiger partial charge >= 0.3 is 12.3 Å². The summed E-state index contributed by atoms with van der Waals surface area (Å²) in [5, 5.41) is 2.41. The van der Waals surface area contributed by atoms with Crippen LogP contribution in [0, 0.1) is 0 Å². The molecule has 1 aromatic rings. The molecule has 2 rings (SSSR count). The first kappa shape index (κ1) is 16.0. The molecule has 0 aromatic heterocycles. The summed E-state index contributed by atoms with van der Waals surface area (Å²) in [5.74, 6) is -1.32. The lowest BCUT2D eigenvalue weighted by Crippen LogP contribution is -2.25. The number of hydrogen-bond acceptors (Lipinski definition) is 5. The van der Waals surface area contributed by atoms with Crippen LogP contribution >= 0.6 is 0 Å². The van der Waals surface area contributed by atoms with E-state index in [1.54, 1.807) is 0 Å². The number of ether oxygens (including phenoxy) is 3. The van der Waals surface area contributed by atoms with Crippen molar-refractivity contribution in [2.45, 2.75) is 32.5 Å². The lowest BCUT2D eigenvalue weighted by Gasteiger charge is -2.07. The Bertz CT molecular complexity index is 576. The number of unbranched alkanes of at least 4 members (excludes halogenated alkanes) is 1. The number of carbonyl (C=O) groups excluding carboxylic acids is 2. The van der Waals surface area contributed by atoms with Crippen LogP contribution in [0.5, 0.6) is 11.5 Å². The molecule has 0 saturated carbocycles. The van der Waals surface area contributed by atoms with E-state index in [0.29, 0.717) is 6.42 Å². The predicted molar refractivity (Wildman–Crippen MR) is 71.8 cm³/mol. The van der Waals surface area contributed by atoms with Gasteiger partial charge in [-0.1, -0.05) is 13.3 Å². The Labute approximate surface area is 125 Å². The summed E-state index contributed by atoms with van der Waals surface area (Å²) >= 11 is 0. The number of hydrogen-bond donors (Lipinski definition) is 1. The van der Waals surface area contributed by atoms with Crippen molar-refractivity contribution >= 4 is 17.6 Å². The van der Waals surface area contributed by atoms with Gasteiger partial charge in [-0.3, -0.25) is 9.59 Å². The molecular weight excluding hydrogens is 300 g/mol. The Balaban J connectivity index is 1.84. The maximum absolute atomic E-state index is 12.9. The molecule has 0 bridgehead atoms. The minimum Gasteiger partial charge on any atom is -0.456 e. The number of benzene rings is 1. The van der Waals surface area contributed by atoms with Crippen molar-refractivity contribution in [3.8, 4) is 11.5 Å². The van der Waals surface area contributed by atoms with Crippen LogP contribution in [-0.4, -0.2) is 24.8 Å². The van der Waals surface area contributed by atoms with E-state index >= 15 is 0 Å². The third kappa shape index (κ3) is 4.31. The van der Waals surface area contributed by atoms with Gasteiger partial charge in [0.05, 0.1) is 0 Å². The molecular formula is C14H15F2NO5. The normalized spacial score (nSPS) is 14.5. The minimum atomic E-state index is -3.71. The van der Waals surface area contributed by atoms with Crippen LogP contribution in [-0.2, 0) is 14.3 Å². The first-order valence-corrected chi connectivity index (χ1v) is 6.75. The molecule has 1 aliphatic rings. The number of rotatable bonds is 6. The molecule has 6 nitrogen and oxygen atoms in total. The van der Waals surface area contributed by atoms with Crippen LogP contribution in [0.3, 0.4) is 0 Å². The highest BCUT2D eigenvalue weighted by Gasteiger charge is 2.43. The fourth-order valence-electron chi connectivity index (χ4n) is 1.76. The smallest absolute Gasteiger partial charge is 0.456 e. The zero-order chi connectivity index (χ0) is 16.2. The Morgan fingerprint density at radius 3 is 2.73 bits per heavy atom. The van der Waals surface area contributed by atoms with Crippen molar-refractivity contribution in [2.75, 3.05) is 11.9 Å². The topological polar surface area (TPSA) is 73.9 Å². The van der Waals surface area contributed by atoms with E-state index < -0.39 is 24.8 Å². The Morgan fingerprint density at radius 1 is 1.27 bits per heavy atom. The van der Waals surface area contributed by atoms with E-state index in [4.69, 9.17) is 4.74 Å². The maximum atomic E-state index is 12.9. The van der Waals surface area contributed by atoms with Crippen molar-refractivity contribution in [3.63, 3.8) is 0 Å². The predicted octanol–water partition coefficient (Wildman–Crippen LogP) is 2.68. The van der Waals surface area contributed by atoms with Gasteiger partial charge in [0, 0.05) is 18.2 Å². The third-order valence-corrected chi connectivity index (χ3v) is 2.78. The molecule has 22 heavy (non-hydrogen) atoms. The Morgan fingerprint density at radius 2 is 2.00 bits per heavy atom. The highest BCUT2D eigenvalue weighted by Crippen LogP contribution is 2.42. The molecule has 0 atom stereocenters. The number of halogens is 2. The van der Waals surface area contributed by atoms with Gasteiger partial charge in [0.2, 0.25) is 0 Å². The molecule has 1 N–H and O–H groups in total. The second kappa shape index (κ2) is 6.59. The largest absolute Gasteiger partial charge is 0.586 e. The van der Waals surface area contributed by atoms with E-state index in [1.165, 1.54) is 18.2 Å². The van der Waals surface area contributed by atoms with Gasteiger partial charge in [0.25, 0.3) is 5.91 Å². The SMILES string of the molecule is CCCCC(=O)OCC(=O)Nc1ccc2c(c1)OC(F)(F)O2.